The van der Waals surface area contributed by atoms with Gasteiger partial charge in [-0.1, -0.05) is 0 Å². The summed E-state index contributed by atoms with van der Waals surface area (Å²) in [6.07, 6.45) is 3.39. The molecule has 1 aromatic carbocycles. The molecule has 2 heterocycles. The Labute approximate surface area is 121 Å². The van der Waals surface area contributed by atoms with Crippen LogP contribution in [0.2, 0.25) is 0 Å². The Morgan fingerprint density at radius 1 is 1.14 bits per heavy atom. The van der Waals surface area contributed by atoms with Gasteiger partial charge in [0.25, 0.3) is 0 Å². The van der Waals surface area contributed by atoms with Gasteiger partial charge in [0, 0.05) is 24.0 Å². The van der Waals surface area contributed by atoms with E-state index in [2.05, 4.69) is 16.2 Å². The number of rotatable bonds is 3. The van der Waals surface area contributed by atoms with Crippen molar-refractivity contribution in [3.05, 3.63) is 42.2 Å². The Morgan fingerprint density at radius 2 is 1.86 bits per heavy atom. The number of aromatic nitrogens is 3. The van der Waals surface area contributed by atoms with Crippen molar-refractivity contribution in [1.29, 1.82) is 5.26 Å². The average Bonchev–Trinajstić information content (AvgIpc) is 2.92. The third-order valence-electron chi connectivity index (χ3n) is 3.13. The lowest BCUT2D eigenvalue weighted by atomic mass is 10.1. The highest BCUT2D eigenvalue weighted by molar-refractivity contribution is 5.76. The second-order valence-corrected chi connectivity index (χ2v) is 4.32. The van der Waals surface area contributed by atoms with Gasteiger partial charge in [0.05, 0.1) is 14.2 Å². The topological polar surface area (TPSA) is 72.4 Å². The van der Waals surface area contributed by atoms with Gasteiger partial charge in [-0.2, -0.15) is 10.4 Å². The number of hydrogen-bond donors (Lipinski definition) is 0. The Bertz CT molecular complexity index is 826. The van der Waals surface area contributed by atoms with Gasteiger partial charge in [-0.3, -0.25) is 0 Å². The van der Waals surface area contributed by atoms with E-state index in [1.165, 1.54) is 0 Å². The highest BCUT2D eigenvalue weighted by Gasteiger charge is 2.16. The lowest BCUT2D eigenvalue weighted by molar-refractivity contribution is 0.394. The summed E-state index contributed by atoms with van der Waals surface area (Å²) in [6.45, 7) is 0. The van der Waals surface area contributed by atoms with Crippen LogP contribution < -0.4 is 9.47 Å². The monoisotopic (exact) mass is 280 g/mol. The van der Waals surface area contributed by atoms with Crippen LogP contribution in [0.4, 0.5) is 0 Å². The molecule has 0 N–H and O–H groups in total. The first-order chi connectivity index (χ1) is 10.3. The maximum absolute atomic E-state index is 9.41. The molecule has 0 radical (unpaired) electrons. The summed E-state index contributed by atoms with van der Waals surface area (Å²) in [5.41, 5.74) is 2.24. The molecule has 0 aliphatic carbocycles. The van der Waals surface area contributed by atoms with Crippen molar-refractivity contribution in [2.24, 2.45) is 0 Å². The molecule has 104 valence electrons. The van der Waals surface area contributed by atoms with E-state index in [-0.39, 0.29) is 0 Å². The SMILES string of the molecule is COc1cc(OC)cc(-c2nn3cccnc3c2C#N)c1. The van der Waals surface area contributed by atoms with Crippen molar-refractivity contribution >= 4 is 5.65 Å². The fourth-order valence-electron chi connectivity index (χ4n) is 2.14. The number of hydrogen-bond acceptors (Lipinski definition) is 5. The van der Waals surface area contributed by atoms with Crippen LogP contribution >= 0.6 is 0 Å². The number of benzene rings is 1. The van der Waals surface area contributed by atoms with Crippen molar-refractivity contribution in [2.75, 3.05) is 14.2 Å². The molecule has 0 fully saturated rings. The summed E-state index contributed by atoms with van der Waals surface area (Å²) in [7, 11) is 3.16. The maximum atomic E-state index is 9.41. The zero-order chi connectivity index (χ0) is 14.8. The minimum Gasteiger partial charge on any atom is -0.497 e. The second-order valence-electron chi connectivity index (χ2n) is 4.32. The van der Waals surface area contributed by atoms with E-state index >= 15 is 0 Å². The van der Waals surface area contributed by atoms with Crippen molar-refractivity contribution in [1.82, 2.24) is 14.6 Å². The van der Waals surface area contributed by atoms with Crippen molar-refractivity contribution < 1.29 is 9.47 Å². The first-order valence-electron chi connectivity index (χ1n) is 6.23. The molecule has 2 aromatic heterocycles. The van der Waals surface area contributed by atoms with E-state index in [4.69, 9.17) is 9.47 Å². The summed E-state index contributed by atoms with van der Waals surface area (Å²) < 4.78 is 12.1. The third-order valence-corrected chi connectivity index (χ3v) is 3.13. The van der Waals surface area contributed by atoms with Crippen LogP contribution in [0.1, 0.15) is 5.56 Å². The molecule has 3 rings (SSSR count). The number of methoxy groups -OCH3 is 2. The Balaban J connectivity index is 2.27. The van der Waals surface area contributed by atoms with Crippen LogP contribution in [0, 0.1) is 11.3 Å². The summed E-state index contributed by atoms with van der Waals surface area (Å²) >= 11 is 0. The number of ether oxygens (including phenoxy) is 2. The molecule has 0 amide bonds. The second kappa shape index (κ2) is 5.13. The molecule has 0 saturated heterocycles. The predicted molar refractivity (Wildman–Crippen MR) is 76.2 cm³/mol. The maximum Gasteiger partial charge on any atom is 0.173 e. The molecule has 6 nitrogen and oxygen atoms in total. The largest absolute Gasteiger partial charge is 0.497 e. The standard InChI is InChI=1S/C15H12N4O2/c1-20-11-6-10(7-12(8-11)21-2)14-13(9-16)15-17-4-3-5-19(15)18-14/h3-8H,1-2H3. The summed E-state index contributed by atoms with van der Waals surface area (Å²) in [4.78, 5) is 4.20. The molecule has 6 heteroatoms. The van der Waals surface area contributed by atoms with Crippen molar-refractivity contribution in [3.63, 3.8) is 0 Å². The van der Waals surface area contributed by atoms with Crippen LogP contribution in [-0.2, 0) is 0 Å². The fraction of sp³-hybridized carbons (Fsp3) is 0.133. The molecule has 0 spiro atoms. The lowest BCUT2D eigenvalue weighted by Gasteiger charge is -2.06. The molecule has 0 unspecified atom stereocenters. The molecule has 3 aromatic rings. The van der Waals surface area contributed by atoms with Gasteiger partial charge in [0.2, 0.25) is 0 Å². The molecular formula is C15H12N4O2. The number of nitrogens with zero attached hydrogens (tertiary/aromatic N) is 4. The van der Waals surface area contributed by atoms with E-state index in [1.54, 1.807) is 43.3 Å². The van der Waals surface area contributed by atoms with E-state index in [9.17, 15) is 5.26 Å². The smallest absolute Gasteiger partial charge is 0.173 e. The van der Waals surface area contributed by atoms with Crippen LogP contribution in [0.15, 0.2) is 36.7 Å². The molecule has 0 aliphatic heterocycles. The minimum atomic E-state index is 0.422. The Kier molecular flexibility index (Phi) is 3.16. The van der Waals surface area contributed by atoms with E-state index in [1.807, 2.05) is 12.1 Å². The minimum absolute atomic E-state index is 0.422. The molecule has 0 atom stereocenters. The highest BCUT2D eigenvalue weighted by atomic mass is 16.5. The van der Waals surface area contributed by atoms with Gasteiger partial charge in [-0.25, -0.2) is 9.50 Å². The quantitative estimate of drug-likeness (QED) is 0.736. The molecule has 0 bridgehead atoms. The lowest BCUT2D eigenvalue weighted by Crippen LogP contribution is -1.90. The summed E-state index contributed by atoms with van der Waals surface area (Å²) in [5.74, 6) is 1.27. The van der Waals surface area contributed by atoms with Crippen molar-refractivity contribution in [2.45, 2.75) is 0 Å². The van der Waals surface area contributed by atoms with Gasteiger partial charge in [-0.05, 0) is 18.2 Å². The fourth-order valence-corrected chi connectivity index (χ4v) is 2.14. The van der Waals surface area contributed by atoms with E-state index < -0.39 is 0 Å². The molecule has 21 heavy (non-hydrogen) atoms. The Morgan fingerprint density at radius 3 is 2.48 bits per heavy atom. The zero-order valence-electron chi connectivity index (χ0n) is 11.6. The first-order valence-corrected chi connectivity index (χ1v) is 6.23. The normalized spacial score (nSPS) is 10.3. The van der Waals surface area contributed by atoms with Crippen LogP contribution in [0.5, 0.6) is 11.5 Å². The summed E-state index contributed by atoms with van der Waals surface area (Å²) in [5, 5.41) is 13.8. The van der Waals surface area contributed by atoms with Crippen LogP contribution in [-0.4, -0.2) is 28.8 Å². The van der Waals surface area contributed by atoms with Crippen LogP contribution in [0.25, 0.3) is 16.9 Å². The van der Waals surface area contributed by atoms with E-state index in [0.717, 1.165) is 5.56 Å². The molecular weight excluding hydrogens is 268 g/mol. The predicted octanol–water partition coefficient (Wildman–Crippen LogP) is 2.29. The summed E-state index contributed by atoms with van der Waals surface area (Å²) in [6, 6.07) is 9.31. The van der Waals surface area contributed by atoms with Gasteiger partial charge in [0.15, 0.2) is 5.65 Å². The van der Waals surface area contributed by atoms with Gasteiger partial charge < -0.3 is 9.47 Å². The highest BCUT2D eigenvalue weighted by Crippen LogP contribution is 2.31. The molecule has 0 aliphatic rings. The first kappa shape index (κ1) is 12.9. The zero-order valence-corrected chi connectivity index (χ0v) is 11.6. The number of nitriles is 1. The van der Waals surface area contributed by atoms with Gasteiger partial charge >= 0.3 is 0 Å². The Hall–Kier alpha value is -3.07. The van der Waals surface area contributed by atoms with E-state index in [0.29, 0.717) is 28.4 Å². The van der Waals surface area contributed by atoms with Gasteiger partial charge in [0.1, 0.15) is 28.8 Å². The number of fused-ring (bicyclic) bond motifs is 1. The van der Waals surface area contributed by atoms with Crippen molar-refractivity contribution in [3.8, 4) is 28.8 Å². The van der Waals surface area contributed by atoms with Crippen LogP contribution in [0.3, 0.4) is 0 Å². The molecule has 0 saturated carbocycles. The average molecular weight is 280 g/mol. The van der Waals surface area contributed by atoms with Gasteiger partial charge in [-0.15, -0.1) is 0 Å². The third kappa shape index (κ3) is 2.15.